The maximum Gasteiger partial charge on any atom is 0.331 e. The van der Waals surface area contributed by atoms with Crippen LogP contribution in [0.3, 0.4) is 0 Å². The van der Waals surface area contributed by atoms with Crippen LogP contribution in [0, 0.1) is 0 Å². The standard InChI is InChI=1S/C16H18N2O3/c1-3-14(16(20)21-4-2)18-15(19)11-10-13(17-18)12-8-6-5-7-9-12/h5-11,14H,3-4H2,1-2H3. The summed E-state index contributed by atoms with van der Waals surface area (Å²) in [5, 5.41) is 4.32. The van der Waals surface area contributed by atoms with Gasteiger partial charge in [0, 0.05) is 11.6 Å². The van der Waals surface area contributed by atoms with Gasteiger partial charge < -0.3 is 4.74 Å². The summed E-state index contributed by atoms with van der Waals surface area (Å²) in [6.07, 6.45) is 0.448. The average Bonchev–Trinajstić information content (AvgIpc) is 2.51. The van der Waals surface area contributed by atoms with Gasteiger partial charge in [-0.3, -0.25) is 4.79 Å². The van der Waals surface area contributed by atoms with Crippen molar-refractivity contribution in [2.45, 2.75) is 26.3 Å². The monoisotopic (exact) mass is 286 g/mol. The lowest BCUT2D eigenvalue weighted by Gasteiger charge is -2.16. The third-order valence-electron chi connectivity index (χ3n) is 3.14. The highest BCUT2D eigenvalue weighted by Gasteiger charge is 2.22. The first-order valence-electron chi connectivity index (χ1n) is 6.99. The van der Waals surface area contributed by atoms with Crippen molar-refractivity contribution in [2.24, 2.45) is 0 Å². The zero-order valence-electron chi connectivity index (χ0n) is 12.2. The Morgan fingerprint density at radius 3 is 2.52 bits per heavy atom. The predicted octanol–water partition coefficient (Wildman–Crippen LogP) is 2.42. The Balaban J connectivity index is 2.44. The number of rotatable bonds is 5. The Labute approximate surface area is 123 Å². The van der Waals surface area contributed by atoms with Crippen LogP contribution < -0.4 is 5.56 Å². The third kappa shape index (κ3) is 3.37. The Morgan fingerprint density at radius 2 is 1.90 bits per heavy atom. The largest absolute Gasteiger partial charge is 0.464 e. The molecule has 110 valence electrons. The van der Waals surface area contributed by atoms with Gasteiger partial charge >= 0.3 is 5.97 Å². The molecule has 0 aliphatic rings. The van der Waals surface area contributed by atoms with Crippen molar-refractivity contribution < 1.29 is 9.53 Å². The highest BCUT2D eigenvalue weighted by Crippen LogP contribution is 2.16. The second-order valence-corrected chi connectivity index (χ2v) is 4.54. The van der Waals surface area contributed by atoms with Crippen molar-refractivity contribution in [1.29, 1.82) is 0 Å². The molecular formula is C16H18N2O3. The Morgan fingerprint density at radius 1 is 1.19 bits per heavy atom. The molecule has 2 aromatic rings. The van der Waals surface area contributed by atoms with E-state index in [9.17, 15) is 9.59 Å². The number of carbonyl (C=O) groups is 1. The summed E-state index contributed by atoms with van der Waals surface area (Å²) in [6.45, 7) is 3.84. The van der Waals surface area contributed by atoms with Crippen LogP contribution in [0.4, 0.5) is 0 Å². The molecule has 0 saturated heterocycles. The maximum atomic E-state index is 12.0. The fourth-order valence-corrected chi connectivity index (χ4v) is 2.09. The van der Waals surface area contributed by atoms with Crippen molar-refractivity contribution in [2.75, 3.05) is 6.61 Å². The van der Waals surface area contributed by atoms with E-state index in [1.807, 2.05) is 37.3 Å². The molecule has 1 atom stereocenters. The van der Waals surface area contributed by atoms with E-state index in [1.54, 1.807) is 13.0 Å². The zero-order chi connectivity index (χ0) is 15.2. The first-order chi connectivity index (χ1) is 10.2. The van der Waals surface area contributed by atoms with Crippen LogP contribution in [-0.4, -0.2) is 22.4 Å². The predicted molar refractivity (Wildman–Crippen MR) is 79.9 cm³/mol. The van der Waals surface area contributed by atoms with Gasteiger partial charge in [0.25, 0.3) is 5.56 Å². The fourth-order valence-electron chi connectivity index (χ4n) is 2.09. The molecule has 0 amide bonds. The van der Waals surface area contributed by atoms with Crippen LogP contribution in [0.15, 0.2) is 47.3 Å². The average molecular weight is 286 g/mol. The molecule has 0 radical (unpaired) electrons. The van der Waals surface area contributed by atoms with E-state index in [2.05, 4.69) is 5.10 Å². The fraction of sp³-hybridized carbons (Fsp3) is 0.312. The second kappa shape index (κ2) is 6.83. The molecule has 5 heteroatoms. The van der Waals surface area contributed by atoms with Crippen LogP contribution in [0.5, 0.6) is 0 Å². The molecule has 5 nitrogen and oxygen atoms in total. The highest BCUT2D eigenvalue weighted by molar-refractivity contribution is 5.74. The molecule has 0 fully saturated rings. The van der Waals surface area contributed by atoms with Crippen LogP contribution in [0.2, 0.25) is 0 Å². The van der Waals surface area contributed by atoms with Crippen LogP contribution in [0.1, 0.15) is 26.3 Å². The summed E-state index contributed by atoms with van der Waals surface area (Å²) < 4.78 is 6.22. The van der Waals surface area contributed by atoms with Crippen LogP contribution in [-0.2, 0) is 9.53 Å². The normalized spacial score (nSPS) is 11.9. The Kier molecular flexibility index (Phi) is 4.87. The Hall–Kier alpha value is -2.43. The van der Waals surface area contributed by atoms with E-state index >= 15 is 0 Å². The van der Waals surface area contributed by atoms with Gasteiger partial charge in [0.1, 0.15) is 0 Å². The number of ether oxygens (including phenoxy) is 1. The molecule has 1 heterocycles. The topological polar surface area (TPSA) is 61.2 Å². The number of nitrogens with zero attached hydrogens (tertiary/aromatic N) is 2. The van der Waals surface area contributed by atoms with Crippen molar-refractivity contribution in [1.82, 2.24) is 9.78 Å². The molecule has 0 bridgehead atoms. The van der Waals surface area contributed by atoms with Gasteiger partial charge in [-0.2, -0.15) is 5.10 Å². The molecule has 0 spiro atoms. The number of aromatic nitrogens is 2. The van der Waals surface area contributed by atoms with Gasteiger partial charge in [-0.15, -0.1) is 0 Å². The molecule has 1 unspecified atom stereocenters. The second-order valence-electron chi connectivity index (χ2n) is 4.54. The van der Waals surface area contributed by atoms with Crippen LogP contribution in [0.25, 0.3) is 11.3 Å². The Bertz CT molecular complexity index is 665. The molecule has 0 saturated carbocycles. The summed E-state index contributed by atoms with van der Waals surface area (Å²) in [5.41, 5.74) is 1.23. The van der Waals surface area contributed by atoms with Crippen molar-refractivity contribution in [3.05, 3.63) is 52.8 Å². The molecule has 21 heavy (non-hydrogen) atoms. The van der Waals surface area contributed by atoms with Gasteiger partial charge in [0.15, 0.2) is 6.04 Å². The molecular weight excluding hydrogens is 268 g/mol. The van der Waals surface area contributed by atoms with E-state index in [4.69, 9.17) is 4.74 Å². The lowest BCUT2D eigenvalue weighted by molar-refractivity contribution is -0.147. The minimum Gasteiger partial charge on any atom is -0.464 e. The maximum absolute atomic E-state index is 12.0. The summed E-state index contributed by atoms with van der Waals surface area (Å²) in [4.78, 5) is 24.0. The van der Waals surface area contributed by atoms with E-state index in [1.165, 1.54) is 10.7 Å². The summed E-state index contributed by atoms with van der Waals surface area (Å²) in [5.74, 6) is -0.431. The van der Waals surface area contributed by atoms with Crippen LogP contribution >= 0.6 is 0 Å². The summed E-state index contributed by atoms with van der Waals surface area (Å²) in [7, 11) is 0. The van der Waals surface area contributed by atoms with Gasteiger partial charge in [-0.05, 0) is 19.4 Å². The number of hydrogen-bond donors (Lipinski definition) is 0. The quantitative estimate of drug-likeness (QED) is 0.792. The SMILES string of the molecule is CCOC(=O)C(CC)n1nc(-c2ccccc2)ccc1=O. The molecule has 1 aromatic carbocycles. The van der Waals surface area contributed by atoms with E-state index in [-0.39, 0.29) is 12.2 Å². The number of benzene rings is 1. The van der Waals surface area contributed by atoms with Gasteiger partial charge in [0.2, 0.25) is 0 Å². The van der Waals surface area contributed by atoms with E-state index in [0.717, 1.165) is 5.56 Å². The van der Waals surface area contributed by atoms with Gasteiger partial charge in [-0.25, -0.2) is 9.48 Å². The lowest BCUT2D eigenvalue weighted by Crippen LogP contribution is -2.32. The molecule has 2 rings (SSSR count). The van der Waals surface area contributed by atoms with Gasteiger partial charge in [-0.1, -0.05) is 37.3 Å². The first-order valence-corrected chi connectivity index (χ1v) is 6.99. The van der Waals surface area contributed by atoms with Crippen molar-refractivity contribution in [3.63, 3.8) is 0 Å². The van der Waals surface area contributed by atoms with E-state index in [0.29, 0.717) is 12.1 Å². The number of esters is 1. The summed E-state index contributed by atoms with van der Waals surface area (Å²) >= 11 is 0. The zero-order valence-corrected chi connectivity index (χ0v) is 12.2. The first kappa shape index (κ1) is 15.0. The van der Waals surface area contributed by atoms with Gasteiger partial charge in [0.05, 0.1) is 12.3 Å². The molecule has 0 N–H and O–H groups in total. The van der Waals surface area contributed by atoms with Crippen molar-refractivity contribution >= 4 is 5.97 Å². The van der Waals surface area contributed by atoms with E-state index < -0.39 is 12.0 Å². The molecule has 0 aliphatic carbocycles. The summed E-state index contributed by atoms with van der Waals surface area (Å²) in [6, 6.07) is 11.9. The molecule has 1 aromatic heterocycles. The number of hydrogen-bond acceptors (Lipinski definition) is 4. The third-order valence-corrected chi connectivity index (χ3v) is 3.14. The minimum absolute atomic E-state index is 0.280. The highest BCUT2D eigenvalue weighted by atomic mass is 16.5. The smallest absolute Gasteiger partial charge is 0.331 e. The number of carbonyl (C=O) groups excluding carboxylic acids is 1. The minimum atomic E-state index is -0.693. The molecule has 0 aliphatic heterocycles. The van der Waals surface area contributed by atoms with Crippen molar-refractivity contribution in [3.8, 4) is 11.3 Å². The lowest BCUT2D eigenvalue weighted by atomic mass is 10.1.